The van der Waals surface area contributed by atoms with Crippen LogP contribution in [0.15, 0.2) is 97.1 Å². The lowest BCUT2D eigenvalue weighted by atomic mass is 9.88. The average Bonchev–Trinajstić information content (AvgIpc) is 3.22. The van der Waals surface area contributed by atoms with Crippen molar-refractivity contribution >= 4 is 29.5 Å². The lowest BCUT2D eigenvalue weighted by Gasteiger charge is -2.21. The van der Waals surface area contributed by atoms with Gasteiger partial charge in [-0.05, 0) is 56.1 Å². The van der Waals surface area contributed by atoms with Crippen molar-refractivity contribution in [3.8, 4) is 11.1 Å². The Hall–Kier alpha value is -2.69. The molecule has 0 atom stereocenters. The Bertz CT molecular complexity index is 1180. The van der Waals surface area contributed by atoms with Gasteiger partial charge >= 0.3 is 0 Å². The fourth-order valence-electron chi connectivity index (χ4n) is 4.86. The van der Waals surface area contributed by atoms with Crippen molar-refractivity contribution in [1.29, 1.82) is 0 Å². The van der Waals surface area contributed by atoms with Crippen LogP contribution >= 0.6 is 7.92 Å². The maximum absolute atomic E-state index is 2.40. The molecule has 0 aromatic heterocycles. The molecule has 0 saturated carbocycles. The van der Waals surface area contributed by atoms with Gasteiger partial charge in [-0.25, -0.2) is 0 Å². The van der Waals surface area contributed by atoms with Crippen LogP contribution in [0.3, 0.4) is 0 Å². The second-order valence-corrected chi connectivity index (χ2v) is 10.2. The molecule has 1 heteroatoms. The fraction of sp³-hybridized carbons (Fsp3) is 0.111. The van der Waals surface area contributed by atoms with Crippen molar-refractivity contribution < 1.29 is 0 Å². The molecule has 0 nitrogen and oxygen atoms in total. The number of rotatable bonds is 1. The standard InChI is InChI=1S/C27H21P/c1-5-11-24-19(7-1)13-15-21-17-28(23-9-3-4-10-23)18-22-16-14-20-8-2-6-12-25(20)27(22)26(21)24/h1-16,23H,17-18H2. The van der Waals surface area contributed by atoms with Crippen LogP contribution in [-0.4, -0.2) is 5.66 Å². The zero-order chi connectivity index (χ0) is 18.5. The van der Waals surface area contributed by atoms with Crippen LogP contribution in [0.4, 0.5) is 0 Å². The predicted octanol–water partition coefficient (Wildman–Crippen LogP) is 7.65. The molecule has 0 radical (unpaired) electrons. The average molecular weight is 376 g/mol. The maximum atomic E-state index is 2.40. The first kappa shape index (κ1) is 16.3. The Kier molecular flexibility index (Phi) is 3.74. The molecule has 6 rings (SSSR count). The molecule has 0 N–H and O–H groups in total. The Morgan fingerprint density at radius 1 is 0.571 bits per heavy atom. The van der Waals surface area contributed by atoms with Crippen LogP contribution < -0.4 is 0 Å². The molecule has 0 fully saturated rings. The molecule has 1 aliphatic carbocycles. The van der Waals surface area contributed by atoms with E-state index >= 15 is 0 Å². The normalized spacial score (nSPS) is 16.4. The summed E-state index contributed by atoms with van der Waals surface area (Å²) in [4.78, 5) is 0. The van der Waals surface area contributed by atoms with Crippen molar-refractivity contribution in [3.63, 3.8) is 0 Å². The highest BCUT2D eigenvalue weighted by atomic mass is 31.1. The van der Waals surface area contributed by atoms with Crippen molar-refractivity contribution in [3.05, 3.63) is 108 Å². The first-order valence-corrected chi connectivity index (χ1v) is 11.8. The second kappa shape index (κ2) is 6.43. The van der Waals surface area contributed by atoms with Gasteiger partial charge in [0.25, 0.3) is 0 Å². The molecule has 0 saturated heterocycles. The van der Waals surface area contributed by atoms with Gasteiger partial charge in [-0.1, -0.05) is 105 Å². The Morgan fingerprint density at radius 3 is 1.61 bits per heavy atom. The number of benzene rings is 4. The predicted molar refractivity (Wildman–Crippen MR) is 123 cm³/mol. The van der Waals surface area contributed by atoms with Gasteiger partial charge in [0.1, 0.15) is 0 Å². The van der Waals surface area contributed by atoms with E-state index in [4.69, 9.17) is 0 Å². The minimum Gasteiger partial charge on any atom is -0.0866 e. The molecule has 134 valence electrons. The van der Waals surface area contributed by atoms with E-state index in [0.717, 1.165) is 0 Å². The summed E-state index contributed by atoms with van der Waals surface area (Å²) in [7, 11) is -0.157. The molecule has 0 unspecified atom stereocenters. The highest BCUT2D eigenvalue weighted by Gasteiger charge is 2.27. The molecule has 0 spiro atoms. The minimum atomic E-state index is -0.157. The third-order valence-electron chi connectivity index (χ3n) is 6.18. The summed E-state index contributed by atoms with van der Waals surface area (Å²) in [5.41, 5.74) is 6.59. The smallest absolute Gasteiger partial charge is 0.0162 e. The van der Waals surface area contributed by atoms with E-state index in [-0.39, 0.29) is 7.92 Å². The highest BCUT2D eigenvalue weighted by Crippen LogP contribution is 2.56. The molecule has 4 aromatic carbocycles. The number of hydrogen-bond donors (Lipinski definition) is 0. The SMILES string of the molecule is C1=CC(P2Cc3ccc4ccccc4c3-c3c(ccc4ccccc34)C2)C=C1. The summed E-state index contributed by atoms with van der Waals surface area (Å²) < 4.78 is 0. The van der Waals surface area contributed by atoms with E-state index < -0.39 is 0 Å². The fourth-order valence-corrected chi connectivity index (χ4v) is 7.48. The largest absolute Gasteiger partial charge is 0.0866 e. The molecule has 28 heavy (non-hydrogen) atoms. The van der Waals surface area contributed by atoms with Gasteiger partial charge in [-0.3, -0.25) is 0 Å². The first-order valence-electron chi connectivity index (χ1n) is 9.99. The highest BCUT2D eigenvalue weighted by molar-refractivity contribution is 7.57. The molecule has 0 bridgehead atoms. The Balaban J connectivity index is 1.71. The number of fused-ring (bicyclic) bond motifs is 7. The van der Waals surface area contributed by atoms with Crippen molar-refractivity contribution in [2.75, 3.05) is 0 Å². The van der Waals surface area contributed by atoms with Crippen LogP contribution in [0, 0.1) is 0 Å². The molecular weight excluding hydrogens is 355 g/mol. The monoisotopic (exact) mass is 376 g/mol. The summed E-state index contributed by atoms with van der Waals surface area (Å²) >= 11 is 0. The van der Waals surface area contributed by atoms with Crippen LogP contribution in [0.1, 0.15) is 11.1 Å². The summed E-state index contributed by atoms with van der Waals surface area (Å²) in [6, 6.07) is 27.2. The van der Waals surface area contributed by atoms with Crippen molar-refractivity contribution in [2.24, 2.45) is 0 Å². The summed E-state index contributed by atoms with van der Waals surface area (Å²) in [6.45, 7) is 0. The van der Waals surface area contributed by atoms with E-state index in [1.54, 1.807) is 0 Å². The second-order valence-electron chi connectivity index (χ2n) is 7.81. The zero-order valence-electron chi connectivity index (χ0n) is 15.7. The molecule has 2 aliphatic rings. The third-order valence-corrected chi connectivity index (χ3v) is 8.86. The van der Waals surface area contributed by atoms with Crippen molar-refractivity contribution in [2.45, 2.75) is 18.0 Å². The molecule has 1 aliphatic heterocycles. The van der Waals surface area contributed by atoms with Gasteiger partial charge in [0, 0.05) is 5.66 Å². The lowest BCUT2D eigenvalue weighted by molar-refractivity contribution is 1.29. The summed E-state index contributed by atoms with van der Waals surface area (Å²) in [5.74, 6) is 0. The lowest BCUT2D eigenvalue weighted by Crippen LogP contribution is -1.99. The van der Waals surface area contributed by atoms with Crippen molar-refractivity contribution in [1.82, 2.24) is 0 Å². The van der Waals surface area contributed by atoms with Crippen LogP contribution in [0.25, 0.3) is 32.7 Å². The van der Waals surface area contributed by atoms with Gasteiger partial charge in [0.2, 0.25) is 0 Å². The molecular formula is C27H21P. The van der Waals surface area contributed by atoms with Crippen LogP contribution in [0.2, 0.25) is 0 Å². The van der Waals surface area contributed by atoms with E-state index in [1.165, 1.54) is 56.1 Å². The van der Waals surface area contributed by atoms with Gasteiger partial charge in [-0.2, -0.15) is 0 Å². The quantitative estimate of drug-likeness (QED) is 0.299. The van der Waals surface area contributed by atoms with E-state index in [0.29, 0.717) is 5.66 Å². The van der Waals surface area contributed by atoms with Gasteiger partial charge in [0.15, 0.2) is 0 Å². The van der Waals surface area contributed by atoms with E-state index in [9.17, 15) is 0 Å². The maximum Gasteiger partial charge on any atom is 0.0162 e. The summed E-state index contributed by atoms with van der Waals surface area (Å²) in [5, 5.41) is 5.47. The first-order chi connectivity index (χ1) is 13.9. The van der Waals surface area contributed by atoms with Crippen LogP contribution in [-0.2, 0) is 12.3 Å². The van der Waals surface area contributed by atoms with Gasteiger partial charge < -0.3 is 0 Å². The Labute approximate surface area is 167 Å². The minimum absolute atomic E-state index is 0.157. The topological polar surface area (TPSA) is 0 Å². The summed E-state index contributed by atoms with van der Waals surface area (Å²) in [6.07, 6.45) is 11.6. The third kappa shape index (κ3) is 2.49. The molecule has 4 aromatic rings. The van der Waals surface area contributed by atoms with Gasteiger partial charge in [-0.15, -0.1) is 0 Å². The van der Waals surface area contributed by atoms with E-state index in [1.807, 2.05) is 0 Å². The van der Waals surface area contributed by atoms with Crippen LogP contribution in [0.5, 0.6) is 0 Å². The number of hydrogen-bond acceptors (Lipinski definition) is 0. The van der Waals surface area contributed by atoms with Gasteiger partial charge in [0.05, 0.1) is 0 Å². The molecule has 0 amide bonds. The Morgan fingerprint density at radius 2 is 1.07 bits per heavy atom. The van der Waals surface area contributed by atoms with E-state index in [2.05, 4.69) is 97.1 Å². The molecule has 1 heterocycles. The zero-order valence-corrected chi connectivity index (χ0v) is 16.6. The number of allylic oxidation sites excluding steroid dienone is 4.